The second kappa shape index (κ2) is 4.41. The van der Waals surface area contributed by atoms with Crippen LogP contribution in [0.4, 0.5) is 0 Å². The first kappa shape index (κ1) is 11.8. The van der Waals surface area contributed by atoms with Crippen molar-refractivity contribution in [1.82, 2.24) is 14.8 Å². The Bertz CT molecular complexity index is 552. The fourth-order valence-electron chi connectivity index (χ4n) is 3.10. The van der Waals surface area contributed by atoms with Crippen LogP contribution in [0, 0.1) is 5.92 Å². The first-order chi connectivity index (χ1) is 8.68. The van der Waals surface area contributed by atoms with E-state index < -0.39 is 0 Å². The van der Waals surface area contributed by atoms with Gasteiger partial charge in [-0.1, -0.05) is 18.2 Å². The van der Waals surface area contributed by atoms with Gasteiger partial charge in [0.05, 0.1) is 0 Å². The van der Waals surface area contributed by atoms with E-state index in [0.29, 0.717) is 6.04 Å². The predicted octanol–water partition coefficient (Wildman–Crippen LogP) is 2.00. The van der Waals surface area contributed by atoms with Crippen molar-refractivity contribution >= 4 is 10.9 Å². The molecule has 0 spiro atoms. The molecular formula is C15H21N3. The molecule has 3 heteroatoms. The zero-order valence-electron chi connectivity index (χ0n) is 11.4. The molecule has 0 amide bonds. The Hall–Kier alpha value is -1.32. The molecule has 1 N–H and O–H groups in total. The number of fused-ring (bicyclic) bond motifs is 1. The highest BCUT2D eigenvalue weighted by Gasteiger charge is 2.31. The topological polar surface area (TPSA) is 20.2 Å². The number of para-hydroxylation sites is 1. The molecule has 3 nitrogen and oxygen atoms in total. The summed E-state index contributed by atoms with van der Waals surface area (Å²) in [6, 6.07) is 9.20. The summed E-state index contributed by atoms with van der Waals surface area (Å²) in [5.74, 6) is 0.728. The van der Waals surface area contributed by atoms with Crippen molar-refractivity contribution in [2.45, 2.75) is 6.04 Å². The maximum absolute atomic E-state index is 3.39. The molecule has 1 saturated heterocycles. The lowest BCUT2D eigenvalue weighted by Gasteiger charge is -2.38. The van der Waals surface area contributed by atoms with Crippen LogP contribution < -0.4 is 5.32 Å². The fourth-order valence-corrected chi connectivity index (χ4v) is 3.10. The van der Waals surface area contributed by atoms with E-state index in [0.717, 1.165) is 19.0 Å². The van der Waals surface area contributed by atoms with Crippen LogP contribution in [0.1, 0.15) is 11.6 Å². The molecule has 3 rings (SSSR count). The van der Waals surface area contributed by atoms with Gasteiger partial charge in [-0.25, -0.2) is 0 Å². The van der Waals surface area contributed by atoms with Gasteiger partial charge >= 0.3 is 0 Å². The molecule has 0 aliphatic carbocycles. The molecule has 1 aromatic carbocycles. The van der Waals surface area contributed by atoms with Crippen LogP contribution >= 0.6 is 0 Å². The Morgan fingerprint density at radius 2 is 2.00 bits per heavy atom. The van der Waals surface area contributed by atoms with E-state index in [9.17, 15) is 0 Å². The van der Waals surface area contributed by atoms with Crippen molar-refractivity contribution in [1.29, 1.82) is 0 Å². The summed E-state index contributed by atoms with van der Waals surface area (Å²) in [4.78, 5) is 2.35. The highest BCUT2D eigenvalue weighted by molar-refractivity contribution is 5.84. The summed E-state index contributed by atoms with van der Waals surface area (Å²) in [7, 11) is 6.51. The first-order valence-electron chi connectivity index (χ1n) is 6.59. The van der Waals surface area contributed by atoms with E-state index in [2.05, 4.69) is 66.4 Å². The van der Waals surface area contributed by atoms with Crippen LogP contribution in [0.25, 0.3) is 10.9 Å². The molecule has 1 atom stereocenters. The van der Waals surface area contributed by atoms with Gasteiger partial charge in [0, 0.05) is 49.2 Å². The number of hydrogen-bond acceptors (Lipinski definition) is 2. The summed E-state index contributed by atoms with van der Waals surface area (Å²) in [6.45, 7) is 2.26. The number of aryl methyl sites for hydroxylation is 1. The first-order valence-corrected chi connectivity index (χ1v) is 6.59. The molecule has 1 aliphatic heterocycles. The van der Waals surface area contributed by atoms with Gasteiger partial charge in [-0.15, -0.1) is 0 Å². The average Bonchev–Trinajstić information content (AvgIpc) is 2.61. The molecule has 1 unspecified atom stereocenters. The Labute approximate surface area is 108 Å². The smallest absolute Gasteiger partial charge is 0.0481 e. The molecule has 2 aromatic rings. The molecule has 0 bridgehead atoms. The molecule has 2 heterocycles. The average molecular weight is 243 g/mol. The quantitative estimate of drug-likeness (QED) is 0.890. The Kier molecular flexibility index (Phi) is 2.88. The number of nitrogens with one attached hydrogen (secondary N) is 1. The van der Waals surface area contributed by atoms with Crippen molar-refractivity contribution in [2.75, 3.05) is 27.2 Å². The van der Waals surface area contributed by atoms with Crippen molar-refractivity contribution in [2.24, 2.45) is 13.0 Å². The molecule has 0 saturated carbocycles. The van der Waals surface area contributed by atoms with Gasteiger partial charge in [-0.3, -0.25) is 0 Å². The SMILES string of the molecule is CN(C)C(c1cn(C)c2ccccc12)C1CNC1. The maximum atomic E-state index is 3.39. The summed E-state index contributed by atoms with van der Waals surface area (Å²) >= 11 is 0. The van der Waals surface area contributed by atoms with Crippen LogP contribution in [0.3, 0.4) is 0 Å². The highest BCUT2D eigenvalue weighted by Crippen LogP contribution is 2.34. The number of rotatable bonds is 3. The van der Waals surface area contributed by atoms with E-state index in [1.54, 1.807) is 0 Å². The van der Waals surface area contributed by atoms with Gasteiger partial charge in [0.1, 0.15) is 0 Å². The minimum absolute atomic E-state index is 0.511. The van der Waals surface area contributed by atoms with Crippen LogP contribution in [-0.2, 0) is 7.05 Å². The van der Waals surface area contributed by atoms with E-state index in [-0.39, 0.29) is 0 Å². The van der Waals surface area contributed by atoms with Crippen molar-refractivity contribution in [3.63, 3.8) is 0 Å². The normalized spacial score (nSPS) is 18.2. The molecule has 96 valence electrons. The van der Waals surface area contributed by atoms with Crippen LogP contribution in [0.15, 0.2) is 30.5 Å². The third-order valence-corrected chi connectivity index (χ3v) is 4.06. The molecule has 18 heavy (non-hydrogen) atoms. The van der Waals surface area contributed by atoms with Crippen molar-refractivity contribution in [3.8, 4) is 0 Å². The molecular weight excluding hydrogens is 222 g/mol. The van der Waals surface area contributed by atoms with Crippen LogP contribution in [-0.4, -0.2) is 36.7 Å². The monoisotopic (exact) mass is 243 g/mol. The zero-order chi connectivity index (χ0) is 12.7. The lowest BCUT2D eigenvalue weighted by Crippen LogP contribution is -2.48. The minimum Gasteiger partial charge on any atom is -0.350 e. The van der Waals surface area contributed by atoms with Gasteiger partial charge in [-0.05, 0) is 25.7 Å². The third-order valence-electron chi connectivity index (χ3n) is 4.06. The number of benzene rings is 1. The molecule has 1 fully saturated rings. The minimum atomic E-state index is 0.511. The maximum Gasteiger partial charge on any atom is 0.0481 e. The fraction of sp³-hybridized carbons (Fsp3) is 0.467. The number of hydrogen-bond donors (Lipinski definition) is 1. The standard InChI is InChI=1S/C15H21N3/c1-17(2)15(11-8-16-9-11)13-10-18(3)14-7-5-4-6-12(13)14/h4-7,10-11,15-16H,8-9H2,1-3H3. The second-order valence-corrected chi connectivity index (χ2v) is 5.54. The Morgan fingerprint density at radius 1 is 1.28 bits per heavy atom. The van der Waals surface area contributed by atoms with Gasteiger partial charge in [0.25, 0.3) is 0 Å². The summed E-state index contributed by atoms with van der Waals surface area (Å²) in [5, 5.41) is 4.78. The molecule has 1 aliphatic rings. The number of nitrogens with zero attached hydrogens (tertiary/aromatic N) is 2. The van der Waals surface area contributed by atoms with E-state index in [1.165, 1.54) is 16.5 Å². The highest BCUT2D eigenvalue weighted by atomic mass is 15.1. The van der Waals surface area contributed by atoms with Crippen molar-refractivity contribution < 1.29 is 0 Å². The third kappa shape index (κ3) is 1.74. The second-order valence-electron chi connectivity index (χ2n) is 5.54. The lowest BCUT2D eigenvalue weighted by atomic mass is 9.87. The molecule has 0 radical (unpaired) electrons. The largest absolute Gasteiger partial charge is 0.350 e. The Balaban J connectivity index is 2.11. The van der Waals surface area contributed by atoms with E-state index in [4.69, 9.17) is 0 Å². The number of aromatic nitrogens is 1. The van der Waals surface area contributed by atoms with Gasteiger partial charge in [0.2, 0.25) is 0 Å². The summed E-state index contributed by atoms with van der Waals surface area (Å²) in [6.07, 6.45) is 2.30. The lowest BCUT2D eigenvalue weighted by molar-refractivity contribution is 0.162. The van der Waals surface area contributed by atoms with Gasteiger partial charge < -0.3 is 14.8 Å². The van der Waals surface area contributed by atoms with Crippen LogP contribution in [0.2, 0.25) is 0 Å². The van der Waals surface area contributed by atoms with Gasteiger partial charge in [0.15, 0.2) is 0 Å². The van der Waals surface area contributed by atoms with Crippen molar-refractivity contribution in [3.05, 3.63) is 36.0 Å². The van der Waals surface area contributed by atoms with Crippen LogP contribution in [0.5, 0.6) is 0 Å². The predicted molar refractivity (Wildman–Crippen MR) is 75.7 cm³/mol. The molecule has 1 aromatic heterocycles. The van der Waals surface area contributed by atoms with Gasteiger partial charge in [-0.2, -0.15) is 0 Å². The van der Waals surface area contributed by atoms with E-state index >= 15 is 0 Å². The zero-order valence-corrected chi connectivity index (χ0v) is 11.4. The Morgan fingerprint density at radius 3 is 2.61 bits per heavy atom. The summed E-state index contributed by atoms with van der Waals surface area (Å²) in [5.41, 5.74) is 2.79. The summed E-state index contributed by atoms with van der Waals surface area (Å²) < 4.78 is 2.24. The van der Waals surface area contributed by atoms with E-state index in [1.807, 2.05) is 0 Å².